The zero-order valence-corrected chi connectivity index (χ0v) is 14.5. The van der Waals surface area contributed by atoms with E-state index in [4.69, 9.17) is 5.11 Å². The lowest BCUT2D eigenvalue weighted by molar-refractivity contribution is -0.132. The van der Waals surface area contributed by atoms with Crippen LogP contribution in [0.3, 0.4) is 0 Å². The molecule has 1 aromatic carbocycles. The van der Waals surface area contributed by atoms with Gasteiger partial charge in [-0.25, -0.2) is 4.79 Å². The smallest absolute Gasteiger partial charge is 0.405 e. The molecule has 5 nitrogen and oxygen atoms in total. The summed E-state index contributed by atoms with van der Waals surface area (Å²) in [6, 6.07) is 9.20. The molecule has 1 aromatic heterocycles. The number of allylic oxidation sites excluding steroid dienone is 1. The Balaban J connectivity index is 2.10. The van der Waals surface area contributed by atoms with Gasteiger partial charge in [-0.3, -0.25) is 4.79 Å². The van der Waals surface area contributed by atoms with Gasteiger partial charge in [0.2, 0.25) is 5.91 Å². The van der Waals surface area contributed by atoms with Crippen LogP contribution in [0.25, 0.3) is 10.1 Å². The molecule has 0 saturated carbocycles. The predicted molar refractivity (Wildman–Crippen MR) is 97.5 cm³/mol. The summed E-state index contributed by atoms with van der Waals surface area (Å²) in [6.07, 6.45) is 2.62. The maximum atomic E-state index is 12.6. The van der Waals surface area contributed by atoms with E-state index < -0.39 is 12.1 Å². The summed E-state index contributed by atoms with van der Waals surface area (Å²) in [5.74, 6) is -0.209. The summed E-state index contributed by atoms with van der Waals surface area (Å²) < 4.78 is 1.13. The van der Waals surface area contributed by atoms with Crippen molar-refractivity contribution >= 4 is 33.4 Å². The highest BCUT2D eigenvalue weighted by Gasteiger charge is 2.24. The SMILES string of the molecule is C=CCCCN(C)C(=O)C(Cc1cc2ccccc2s1)NC(=O)O. The average molecular weight is 346 g/mol. The van der Waals surface area contributed by atoms with Crippen molar-refractivity contribution in [1.29, 1.82) is 0 Å². The molecule has 2 N–H and O–H groups in total. The Morgan fingerprint density at radius 1 is 1.42 bits per heavy atom. The number of rotatable bonds is 8. The van der Waals surface area contributed by atoms with Crippen molar-refractivity contribution in [1.82, 2.24) is 10.2 Å². The van der Waals surface area contributed by atoms with Crippen molar-refractivity contribution < 1.29 is 14.7 Å². The molecule has 2 aromatic rings. The zero-order valence-electron chi connectivity index (χ0n) is 13.7. The van der Waals surface area contributed by atoms with Crippen molar-refractivity contribution in [3.63, 3.8) is 0 Å². The Kier molecular flexibility index (Phi) is 6.37. The van der Waals surface area contributed by atoms with E-state index in [0.717, 1.165) is 27.8 Å². The number of thiophene rings is 1. The van der Waals surface area contributed by atoms with Crippen LogP contribution in [0.15, 0.2) is 43.0 Å². The Morgan fingerprint density at radius 2 is 2.17 bits per heavy atom. The molecule has 1 heterocycles. The summed E-state index contributed by atoms with van der Waals surface area (Å²) in [5, 5.41) is 12.5. The maximum absolute atomic E-state index is 12.6. The Labute approximate surface area is 145 Å². The Hall–Kier alpha value is -2.34. The number of fused-ring (bicyclic) bond motifs is 1. The predicted octanol–water partition coefficient (Wildman–Crippen LogP) is 3.50. The first-order valence-corrected chi connectivity index (χ1v) is 8.65. The minimum absolute atomic E-state index is 0.209. The van der Waals surface area contributed by atoms with Gasteiger partial charge in [-0.15, -0.1) is 17.9 Å². The van der Waals surface area contributed by atoms with Crippen molar-refractivity contribution in [2.45, 2.75) is 25.3 Å². The number of likely N-dealkylation sites (N-methyl/N-ethyl adjacent to an activating group) is 1. The number of hydrogen-bond donors (Lipinski definition) is 2. The van der Waals surface area contributed by atoms with Crippen LogP contribution in [0.4, 0.5) is 4.79 Å². The molecule has 0 aliphatic carbocycles. The van der Waals surface area contributed by atoms with Crippen molar-refractivity contribution in [2.75, 3.05) is 13.6 Å². The lowest BCUT2D eigenvalue weighted by Gasteiger charge is -2.23. The molecule has 1 unspecified atom stereocenters. The molecule has 0 fully saturated rings. The van der Waals surface area contributed by atoms with E-state index in [-0.39, 0.29) is 5.91 Å². The molecule has 0 aliphatic heterocycles. The topological polar surface area (TPSA) is 69.6 Å². The standard InChI is InChI=1S/C18H22N2O3S/c1-3-4-7-10-20(2)17(21)15(19-18(22)23)12-14-11-13-8-5-6-9-16(13)24-14/h3,5-6,8-9,11,15,19H,1,4,7,10,12H2,2H3,(H,22,23). The normalized spacial score (nSPS) is 11.9. The van der Waals surface area contributed by atoms with Gasteiger partial charge in [0.25, 0.3) is 0 Å². The van der Waals surface area contributed by atoms with E-state index in [2.05, 4.69) is 11.9 Å². The van der Waals surface area contributed by atoms with E-state index in [0.29, 0.717) is 13.0 Å². The summed E-state index contributed by atoms with van der Waals surface area (Å²) >= 11 is 1.59. The number of carboxylic acid groups (broad SMARTS) is 1. The molecule has 0 spiro atoms. The van der Waals surface area contributed by atoms with Crippen LogP contribution in [-0.2, 0) is 11.2 Å². The van der Waals surface area contributed by atoms with Gasteiger partial charge >= 0.3 is 6.09 Å². The van der Waals surface area contributed by atoms with Gasteiger partial charge in [0.05, 0.1) is 0 Å². The van der Waals surface area contributed by atoms with Crippen molar-refractivity contribution in [3.8, 4) is 0 Å². The van der Waals surface area contributed by atoms with E-state index in [1.165, 1.54) is 0 Å². The van der Waals surface area contributed by atoms with Crippen LogP contribution < -0.4 is 5.32 Å². The minimum atomic E-state index is -1.19. The van der Waals surface area contributed by atoms with Crippen LogP contribution in [0.1, 0.15) is 17.7 Å². The molecule has 2 rings (SSSR count). The largest absolute Gasteiger partial charge is 0.465 e. The monoisotopic (exact) mass is 346 g/mol. The maximum Gasteiger partial charge on any atom is 0.405 e. The second-order valence-electron chi connectivity index (χ2n) is 5.65. The summed E-state index contributed by atoms with van der Waals surface area (Å²) in [4.78, 5) is 26.2. The second kappa shape index (κ2) is 8.49. The molecule has 24 heavy (non-hydrogen) atoms. The number of benzene rings is 1. The highest BCUT2D eigenvalue weighted by molar-refractivity contribution is 7.19. The van der Waals surface area contributed by atoms with Gasteiger partial charge in [-0.05, 0) is 30.4 Å². The lowest BCUT2D eigenvalue weighted by Crippen LogP contribution is -2.48. The van der Waals surface area contributed by atoms with Gasteiger partial charge in [0, 0.05) is 29.6 Å². The number of nitrogens with zero attached hydrogens (tertiary/aromatic N) is 1. The molecule has 0 saturated heterocycles. The zero-order chi connectivity index (χ0) is 17.5. The van der Waals surface area contributed by atoms with Gasteiger partial charge < -0.3 is 15.3 Å². The highest BCUT2D eigenvalue weighted by atomic mass is 32.1. The molecule has 2 amide bonds. The first-order valence-electron chi connectivity index (χ1n) is 7.84. The third kappa shape index (κ3) is 4.83. The number of hydrogen-bond acceptors (Lipinski definition) is 3. The van der Waals surface area contributed by atoms with E-state index in [1.54, 1.807) is 23.3 Å². The summed E-state index contributed by atoms with van der Waals surface area (Å²) in [7, 11) is 1.70. The second-order valence-corrected chi connectivity index (χ2v) is 6.82. The summed E-state index contributed by atoms with van der Waals surface area (Å²) in [5.41, 5.74) is 0. The molecule has 1 atom stereocenters. The van der Waals surface area contributed by atoms with Gasteiger partial charge in [0.1, 0.15) is 6.04 Å². The van der Waals surface area contributed by atoms with E-state index in [9.17, 15) is 9.59 Å². The van der Waals surface area contributed by atoms with E-state index in [1.807, 2.05) is 36.4 Å². The minimum Gasteiger partial charge on any atom is -0.465 e. The van der Waals surface area contributed by atoms with Crippen LogP contribution in [0, 0.1) is 0 Å². The quantitative estimate of drug-likeness (QED) is 0.568. The molecule has 0 radical (unpaired) electrons. The lowest BCUT2D eigenvalue weighted by atomic mass is 10.1. The van der Waals surface area contributed by atoms with Crippen LogP contribution in [-0.4, -0.2) is 41.6 Å². The number of carbonyl (C=O) groups excluding carboxylic acids is 1. The van der Waals surface area contributed by atoms with Crippen LogP contribution >= 0.6 is 11.3 Å². The Morgan fingerprint density at radius 3 is 2.83 bits per heavy atom. The number of nitrogens with one attached hydrogen (secondary N) is 1. The molecule has 6 heteroatoms. The summed E-state index contributed by atoms with van der Waals surface area (Å²) in [6.45, 7) is 4.24. The van der Waals surface area contributed by atoms with Gasteiger partial charge in [-0.2, -0.15) is 0 Å². The average Bonchev–Trinajstić information content (AvgIpc) is 2.95. The number of amides is 2. The number of carbonyl (C=O) groups is 2. The van der Waals surface area contributed by atoms with Gasteiger partial charge in [0.15, 0.2) is 0 Å². The molecular formula is C18H22N2O3S. The van der Waals surface area contributed by atoms with Crippen molar-refractivity contribution in [2.24, 2.45) is 0 Å². The van der Waals surface area contributed by atoms with Crippen LogP contribution in [0.5, 0.6) is 0 Å². The van der Waals surface area contributed by atoms with Crippen LogP contribution in [0.2, 0.25) is 0 Å². The fourth-order valence-electron chi connectivity index (χ4n) is 2.54. The molecule has 0 bridgehead atoms. The molecule has 128 valence electrons. The third-order valence-corrected chi connectivity index (χ3v) is 4.89. The fourth-order valence-corrected chi connectivity index (χ4v) is 3.65. The molecular weight excluding hydrogens is 324 g/mol. The third-order valence-electron chi connectivity index (χ3n) is 3.76. The van der Waals surface area contributed by atoms with Gasteiger partial charge in [-0.1, -0.05) is 24.3 Å². The first kappa shape index (κ1) is 18.0. The Bertz CT molecular complexity index is 693. The van der Waals surface area contributed by atoms with E-state index >= 15 is 0 Å². The van der Waals surface area contributed by atoms with Crippen molar-refractivity contribution in [3.05, 3.63) is 47.9 Å². The number of unbranched alkanes of at least 4 members (excludes halogenated alkanes) is 1. The first-order chi connectivity index (χ1) is 11.5. The fraction of sp³-hybridized carbons (Fsp3) is 0.333. The highest BCUT2D eigenvalue weighted by Crippen LogP contribution is 2.26. The molecule has 0 aliphatic rings.